The summed E-state index contributed by atoms with van der Waals surface area (Å²) in [5.74, 6) is -0.211. The minimum absolute atomic E-state index is 0.122. The van der Waals surface area contributed by atoms with E-state index in [2.05, 4.69) is 9.47 Å². The Balaban J connectivity index is -0.000000190. The van der Waals surface area contributed by atoms with Gasteiger partial charge in [-0.1, -0.05) is 0 Å². The van der Waals surface area contributed by atoms with Gasteiger partial charge in [0.2, 0.25) is 0 Å². The summed E-state index contributed by atoms with van der Waals surface area (Å²) in [5, 5.41) is 16.5. The first kappa shape index (κ1) is 22.5. The van der Waals surface area contributed by atoms with Gasteiger partial charge in [0.05, 0.1) is 32.5 Å². The monoisotopic (exact) mass is 268 g/mol. The summed E-state index contributed by atoms with van der Waals surface area (Å²) in [5.41, 5.74) is 0. The second-order valence-electron chi connectivity index (χ2n) is 3.15. The van der Waals surface area contributed by atoms with Crippen molar-refractivity contribution in [1.29, 1.82) is 0 Å². The zero-order chi connectivity index (χ0) is 14.8. The highest BCUT2D eigenvalue weighted by Crippen LogP contribution is 1.79. The summed E-state index contributed by atoms with van der Waals surface area (Å²) in [6.07, 6.45) is -0.319. The summed E-state index contributed by atoms with van der Waals surface area (Å²) >= 11 is 0. The highest BCUT2D eigenvalue weighted by molar-refractivity contribution is 5.65. The fourth-order valence-electron chi connectivity index (χ4n) is 0.583. The molecule has 0 aliphatic rings. The van der Waals surface area contributed by atoms with Crippen LogP contribution in [-0.4, -0.2) is 62.4 Å². The zero-order valence-electron chi connectivity index (χ0n) is 12.1. The van der Waals surface area contributed by atoms with E-state index in [0.717, 1.165) is 0 Å². The highest BCUT2D eigenvalue weighted by Gasteiger charge is 1.90. The van der Waals surface area contributed by atoms with Crippen molar-refractivity contribution in [3.63, 3.8) is 0 Å². The summed E-state index contributed by atoms with van der Waals surface area (Å²) in [6, 6.07) is 0. The molecule has 0 aliphatic heterocycles. The van der Waals surface area contributed by atoms with Crippen molar-refractivity contribution in [2.24, 2.45) is 0 Å². The van der Waals surface area contributed by atoms with E-state index in [1.807, 2.05) is 6.92 Å². The molecule has 1 atom stereocenters. The van der Waals surface area contributed by atoms with Gasteiger partial charge in [-0.05, 0) is 20.8 Å². The minimum Gasteiger partial charge on any atom is -0.466 e. The van der Waals surface area contributed by atoms with E-state index in [1.165, 1.54) is 6.92 Å². The molecule has 6 heteroatoms. The van der Waals surface area contributed by atoms with Crippen LogP contribution in [-0.2, 0) is 19.0 Å². The van der Waals surface area contributed by atoms with Crippen molar-refractivity contribution in [3.05, 3.63) is 0 Å². The second kappa shape index (κ2) is 21.6. The fraction of sp³-hybridized carbons (Fsp3) is 0.917. The Labute approximate surface area is 110 Å². The third-order valence-corrected chi connectivity index (χ3v) is 1.21. The molecule has 0 saturated heterocycles. The molecule has 0 fully saturated rings. The van der Waals surface area contributed by atoms with Gasteiger partial charge < -0.3 is 24.4 Å². The van der Waals surface area contributed by atoms with Gasteiger partial charge in [0.25, 0.3) is 0 Å². The summed E-state index contributed by atoms with van der Waals surface area (Å²) in [7, 11) is 1.55. The average Bonchev–Trinajstić information content (AvgIpc) is 2.29. The zero-order valence-corrected chi connectivity index (χ0v) is 12.1. The van der Waals surface area contributed by atoms with Crippen LogP contribution in [0.4, 0.5) is 0 Å². The van der Waals surface area contributed by atoms with Crippen LogP contribution >= 0.6 is 0 Å². The number of methoxy groups -OCH3 is 1. The Morgan fingerprint density at radius 2 is 1.83 bits per heavy atom. The number of esters is 1. The maximum Gasteiger partial charge on any atom is 0.302 e. The second-order valence-corrected chi connectivity index (χ2v) is 3.15. The van der Waals surface area contributed by atoms with Crippen LogP contribution in [0.5, 0.6) is 0 Å². The van der Waals surface area contributed by atoms with Crippen molar-refractivity contribution >= 4 is 5.97 Å². The molecule has 0 aromatic rings. The molecule has 0 amide bonds. The molecule has 0 aromatic heterocycles. The van der Waals surface area contributed by atoms with Crippen LogP contribution in [0.15, 0.2) is 0 Å². The molecule has 0 aliphatic carbocycles. The van der Waals surface area contributed by atoms with Crippen LogP contribution < -0.4 is 0 Å². The maximum absolute atomic E-state index is 9.82. The number of carbonyl (C=O) groups is 1. The smallest absolute Gasteiger partial charge is 0.302 e. The van der Waals surface area contributed by atoms with Crippen LogP contribution in [0.25, 0.3) is 0 Å². The molecular weight excluding hydrogens is 240 g/mol. The predicted octanol–water partition coefficient (Wildman–Crippen LogP) is 0.598. The lowest BCUT2D eigenvalue weighted by atomic mass is 10.4. The normalized spacial score (nSPS) is 10.4. The topological polar surface area (TPSA) is 85.2 Å². The molecule has 0 aromatic carbocycles. The molecule has 0 radical (unpaired) electrons. The molecule has 0 spiro atoms. The number of hydrogen-bond donors (Lipinski definition) is 2. The first-order valence-electron chi connectivity index (χ1n) is 5.95. The average molecular weight is 268 g/mol. The number of aliphatic hydroxyl groups is 2. The standard InChI is InChI=1S/C5H12O2.C4H8O2.C3H8O2/c1-3-7-4-5(2)6;1-3-6-4(2)5;1-5-3-2-4/h5-6H,3-4H2,1-2H3;3H2,1-2H3;4H,2-3H2,1H3. The van der Waals surface area contributed by atoms with Gasteiger partial charge in [-0.15, -0.1) is 0 Å². The highest BCUT2D eigenvalue weighted by atomic mass is 16.5. The van der Waals surface area contributed by atoms with Crippen molar-refractivity contribution in [1.82, 2.24) is 0 Å². The van der Waals surface area contributed by atoms with E-state index in [-0.39, 0.29) is 18.7 Å². The van der Waals surface area contributed by atoms with E-state index in [1.54, 1.807) is 21.0 Å². The van der Waals surface area contributed by atoms with Gasteiger partial charge in [0, 0.05) is 20.6 Å². The molecule has 112 valence electrons. The van der Waals surface area contributed by atoms with E-state index in [4.69, 9.17) is 14.9 Å². The largest absolute Gasteiger partial charge is 0.466 e. The Morgan fingerprint density at radius 3 is 1.89 bits per heavy atom. The lowest BCUT2D eigenvalue weighted by Crippen LogP contribution is -2.09. The SMILES string of the molecule is CCOC(C)=O.CCOCC(C)O.COCCO. The Bertz CT molecular complexity index is 148. The van der Waals surface area contributed by atoms with Crippen LogP contribution in [0.1, 0.15) is 27.7 Å². The minimum atomic E-state index is -0.319. The van der Waals surface area contributed by atoms with E-state index >= 15 is 0 Å². The molecule has 0 bridgehead atoms. The fourth-order valence-corrected chi connectivity index (χ4v) is 0.583. The van der Waals surface area contributed by atoms with Gasteiger partial charge in [-0.25, -0.2) is 0 Å². The van der Waals surface area contributed by atoms with Crippen LogP contribution in [0, 0.1) is 0 Å². The summed E-state index contributed by atoms with van der Waals surface area (Å²) in [6.45, 7) is 8.97. The molecule has 0 heterocycles. The molecule has 2 N–H and O–H groups in total. The van der Waals surface area contributed by atoms with Crippen LogP contribution in [0.3, 0.4) is 0 Å². The quantitative estimate of drug-likeness (QED) is 0.686. The molecule has 1 unspecified atom stereocenters. The van der Waals surface area contributed by atoms with Gasteiger partial charge in [0.1, 0.15) is 0 Å². The van der Waals surface area contributed by atoms with Crippen molar-refractivity contribution < 1.29 is 29.2 Å². The van der Waals surface area contributed by atoms with E-state index < -0.39 is 0 Å². The Hall–Kier alpha value is -0.690. The molecular formula is C12H28O6. The van der Waals surface area contributed by atoms with Crippen molar-refractivity contribution in [2.75, 3.05) is 40.1 Å². The summed E-state index contributed by atoms with van der Waals surface area (Å²) < 4.78 is 13.7. The third-order valence-electron chi connectivity index (χ3n) is 1.21. The first-order valence-corrected chi connectivity index (χ1v) is 5.95. The number of carbonyl (C=O) groups excluding carboxylic acids is 1. The first-order chi connectivity index (χ1) is 8.45. The lowest BCUT2D eigenvalue weighted by Gasteiger charge is -2.00. The van der Waals surface area contributed by atoms with E-state index in [0.29, 0.717) is 26.4 Å². The van der Waals surface area contributed by atoms with Gasteiger partial charge >= 0.3 is 5.97 Å². The van der Waals surface area contributed by atoms with Gasteiger partial charge in [-0.2, -0.15) is 0 Å². The third kappa shape index (κ3) is 45.4. The number of rotatable bonds is 6. The van der Waals surface area contributed by atoms with Crippen LogP contribution in [0.2, 0.25) is 0 Å². The van der Waals surface area contributed by atoms with Gasteiger partial charge in [0.15, 0.2) is 0 Å². The molecule has 0 rings (SSSR count). The number of aliphatic hydroxyl groups excluding tert-OH is 2. The number of ether oxygens (including phenoxy) is 3. The Morgan fingerprint density at radius 1 is 1.28 bits per heavy atom. The molecule has 6 nitrogen and oxygen atoms in total. The van der Waals surface area contributed by atoms with Gasteiger partial charge in [-0.3, -0.25) is 4.79 Å². The maximum atomic E-state index is 9.82. The predicted molar refractivity (Wildman–Crippen MR) is 69.4 cm³/mol. The molecule has 18 heavy (non-hydrogen) atoms. The number of hydrogen-bond acceptors (Lipinski definition) is 6. The lowest BCUT2D eigenvalue weighted by molar-refractivity contribution is -0.140. The van der Waals surface area contributed by atoms with Crippen molar-refractivity contribution in [2.45, 2.75) is 33.8 Å². The molecule has 0 saturated carbocycles. The Kier molecular flexibility index (Phi) is 27.0. The van der Waals surface area contributed by atoms with Crippen molar-refractivity contribution in [3.8, 4) is 0 Å². The van der Waals surface area contributed by atoms with E-state index in [9.17, 15) is 4.79 Å². The summed E-state index contributed by atoms with van der Waals surface area (Å²) in [4.78, 5) is 9.82.